The van der Waals surface area contributed by atoms with Gasteiger partial charge in [0, 0.05) is 22.9 Å². The first-order valence-corrected chi connectivity index (χ1v) is 5.45. The van der Waals surface area contributed by atoms with Crippen molar-refractivity contribution in [1.29, 1.82) is 0 Å². The molecule has 80 valence electrons. The van der Waals surface area contributed by atoms with E-state index in [0.29, 0.717) is 6.42 Å². The van der Waals surface area contributed by atoms with Gasteiger partial charge in [0.15, 0.2) is 0 Å². The predicted octanol–water partition coefficient (Wildman–Crippen LogP) is 2.51. The molecule has 1 aromatic carbocycles. The maximum absolute atomic E-state index is 11.4. The monoisotopic (exact) mass is 223 g/mol. The Kier molecular flexibility index (Phi) is 2.47. The quantitative estimate of drug-likeness (QED) is 0.779. The zero-order chi connectivity index (χ0) is 11.1. The minimum atomic E-state index is -0.137. The molecule has 0 radical (unpaired) electrons. The zero-order valence-corrected chi connectivity index (χ0v) is 9.64. The average molecular weight is 224 g/mol. The Hall–Kier alpha value is -1.02. The van der Waals surface area contributed by atoms with Crippen molar-refractivity contribution in [1.82, 2.24) is 5.32 Å². The van der Waals surface area contributed by atoms with E-state index in [1.807, 2.05) is 31.2 Å². The summed E-state index contributed by atoms with van der Waals surface area (Å²) in [5.74, 6) is 0.116. The number of benzene rings is 1. The summed E-state index contributed by atoms with van der Waals surface area (Å²) in [6.45, 7) is 4.13. The van der Waals surface area contributed by atoms with Crippen LogP contribution in [0.1, 0.15) is 25.8 Å². The third-order valence-electron chi connectivity index (χ3n) is 3.35. The van der Waals surface area contributed by atoms with Crippen molar-refractivity contribution in [2.24, 2.45) is 0 Å². The summed E-state index contributed by atoms with van der Waals surface area (Å²) < 4.78 is 0. The Bertz CT molecular complexity index is 404. The number of nitrogens with one attached hydrogen (secondary N) is 1. The fourth-order valence-corrected chi connectivity index (χ4v) is 2.32. The van der Waals surface area contributed by atoms with Crippen LogP contribution in [-0.4, -0.2) is 11.9 Å². The van der Waals surface area contributed by atoms with Crippen LogP contribution in [0.15, 0.2) is 24.3 Å². The standard InChI is InChI=1S/C12H14ClNO/c1-8-12(2,7-11(15)14-8)9-4-3-5-10(13)6-9/h3-6,8H,7H2,1-2H3,(H,14,15). The Morgan fingerprint density at radius 1 is 1.53 bits per heavy atom. The summed E-state index contributed by atoms with van der Waals surface area (Å²) in [6.07, 6.45) is 0.536. The van der Waals surface area contributed by atoms with Gasteiger partial charge in [-0.25, -0.2) is 0 Å². The van der Waals surface area contributed by atoms with Crippen LogP contribution in [0.25, 0.3) is 0 Å². The summed E-state index contributed by atoms with van der Waals surface area (Å²) in [7, 11) is 0. The average Bonchev–Trinajstić information content (AvgIpc) is 2.42. The summed E-state index contributed by atoms with van der Waals surface area (Å²) in [6, 6.07) is 7.91. The summed E-state index contributed by atoms with van der Waals surface area (Å²) in [5.41, 5.74) is 0.989. The third kappa shape index (κ3) is 1.74. The van der Waals surface area contributed by atoms with E-state index in [4.69, 9.17) is 11.6 Å². The number of carbonyl (C=O) groups is 1. The molecule has 0 bridgehead atoms. The van der Waals surface area contributed by atoms with Gasteiger partial charge in [-0.2, -0.15) is 0 Å². The van der Waals surface area contributed by atoms with E-state index in [-0.39, 0.29) is 17.4 Å². The van der Waals surface area contributed by atoms with E-state index in [9.17, 15) is 4.79 Å². The largest absolute Gasteiger partial charge is 0.353 e. The first kappa shape index (κ1) is 10.5. The molecule has 1 aromatic rings. The van der Waals surface area contributed by atoms with Crippen molar-refractivity contribution in [3.63, 3.8) is 0 Å². The topological polar surface area (TPSA) is 29.1 Å². The Balaban J connectivity index is 2.41. The van der Waals surface area contributed by atoms with Gasteiger partial charge in [0.1, 0.15) is 0 Å². The van der Waals surface area contributed by atoms with Crippen molar-refractivity contribution in [2.45, 2.75) is 31.7 Å². The molecule has 2 unspecified atom stereocenters. The Labute approximate surface area is 94.6 Å². The number of amides is 1. The van der Waals surface area contributed by atoms with Crippen LogP contribution < -0.4 is 5.32 Å². The number of halogens is 1. The van der Waals surface area contributed by atoms with Crippen LogP contribution in [-0.2, 0) is 10.2 Å². The second-order valence-corrected chi connectivity index (χ2v) is 4.83. The van der Waals surface area contributed by atoms with Gasteiger partial charge in [-0.05, 0) is 24.6 Å². The van der Waals surface area contributed by atoms with Crippen LogP contribution in [0.4, 0.5) is 0 Å². The fourth-order valence-electron chi connectivity index (χ4n) is 2.13. The molecule has 0 aliphatic carbocycles. The third-order valence-corrected chi connectivity index (χ3v) is 3.58. The SMILES string of the molecule is CC1NC(=O)CC1(C)c1cccc(Cl)c1. The molecule has 2 atom stereocenters. The lowest BCUT2D eigenvalue weighted by Gasteiger charge is -2.28. The van der Waals surface area contributed by atoms with Gasteiger partial charge in [-0.1, -0.05) is 30.7 Å². The van der Waals surface area contributed by atoms with Gasteiger partial charge in [0.25, 0.3) is 0 Å². The maximum atomic E-state index is 11.4. The van der Waals surface area contributed by atoms with Gasteiger partial charge in [0.2, 0.25) is 5.91 Å². The molecule has 1 aliphatic rings. The highest BCUT2D eigenvalue weighted by atomic mass is 35.5. The first-order valence-electron chi connectivity index (χ1n) is 5.08. The molecule has 15 heavy (non-hydrogen) atoms. The van der Waals surface area contributed by atoms with E-state index < -0.39 is 0 Å². The van der Waals surface area contributed by atoms with Gasteiger partial charge in [-0.15, -0.1) is 0 Å². The van der Waals surface area contributed by atoms with Crippen molar-refractivity contribution in [3.05, 3.63) is 34.9 Å². The van der Waals surface area contributed by atoms with Crippen LogP contribution in [0.2, 0.25) is 5.02 Å². The molecule has 1 saturated heterocycles. The second-order valence-electron chi connectivity index (χ2n) is 4.39. The predicted molar refractivity (Wildman–Crippen MR) is 61.0 cm³/mol. The minimum absolute atomic E-state index is 0.116. The number of rotatable bonds is 1. The highest BCUT2D eigenvalue weighted by molar-refractivity contribution is 6.30. The smallest absolute Gasteiger partial charge is 0.221 e. The Morgan fingerprint density at radius 3 is 2.80 bits per heavy atom. The van der Waals surface area contributed by atoms with E-state index in [1.54, 1.807) is 0 Å². The highest BCUT2D eigenvalue weighted by Gasteiger charge is 2.41. The molecule has 0 saturated carbocycles. The van der Waals surface area contributed by atoms with Crippen LogP contribution in [0.3, 0.4) is 0 Å². The maximum Gasteiger partial charge on any atom is 0.221 e. The van der Waals surface area contributed by atoms with E-state index in [2.05, 4.69) is 12.2 Å². The van der Waals surface area contributed by atoms with Gasteiger partial charge >= 0.3 is 0 Å². The molecule has 1 fully saturated rings. The lowest BCUT2D eigenvalue weighted by atomic mass is 9.77. The normalized spacial score (nSPS) is 30.3. The molecule has 2 rings (SSSR count). The lowest BCUT2D eigenvalue weighted by molar-refractivity contribution is -0.119. The molecule has 2 nitrogen and oxygen atoms in total. The Morgan fingerprint density at radius 2 is 2.27 bits per heavy atom. The second kappa shape index (κ2) is 3.53. The van der Waals surface area contributed by atoms with E-state index >= 15 is 0 Å². The highest BCUT2D eigenvalue weighted by Crippen LogP contribution is 2.36. The van der Waals surface area contributed by atoms with Crippen LogP contribution >= 0.6 is 11.6 Å². The lowest BCUT2D eigenvalue weighted by Crippen LogP contribution is -2.35. The minimum Gasteiger partial charge on any atom is -0.353 e. The molecular formula is C12H14ClNO. The van der Waals surface area contributed by atoms with Crippen molar-refractivity contribution in [3.8, 4) is 0 Å². The van der Waals surface area contributed by atoms with Crippen LogP contribution in [0, 0.1) is 0 Å². The molecule has 1 N–H and O–H groups in total. The fraction of sp³-hybridized carbons (Fsp3) is 0.417. The molecule has 0 aromatic heterocycles. The van der Waals surface area contributed by atoms with Gasteiger partial charge in [-0.3, -0.25) is 4.79 Å². The number of hydrogen-bond donors (Lipinski definition) is 1. The number of hydrogen-bond acceptors (Lipinski definition) is 1. The van der Waals surface area contributed by atoms with Gasteiger partial charge in [0.05, 0.1) is 0 Å². The van der Waals surface area contributed by atoms with Crippen molar-refractivity contribution >= 4 is 17.5 Å². The zero-order valence-electron chi connectivity index (χ0n) is 8.88. The molecule has 1 amide bonds. The molecular weight excluding hydrogens is 210 g/mol. The molecule has 0 spiro atoms. The molecule has 3 heteroatoms. The first-order chi connectivity index (χ1) is 7.02. The number of carbonyl (C=O) groups excluding carboxylic acids is 1. The van der Waals surface area contributed by atoms with E-state index in [1.165, 1.54) is 0 Å². The molecule has 1 aliphatic heterocycles. The summed E-state index contributed by atoms with van der Waals surface area (Å²) in [4.78, 5) is 11.4. The van der Waals surface area contributed by atoms with Gasteiger partial charge < -0.3 is 5.32 Å². The summed E-state index contributed by atoms with van der Waals surface area (Å²) >= 11 is 5.96. The molecule has 1 heterocycles. The van der Waals surface area contributed by atoms with Crippen LogP contribution in [0.5, 0.6) is 0 Å². The van der Waals surface area contributed by atoms with E-state index in [0.717, 1.165) is 10.6 Å². The summed E-state index contributed by atoms with van der Waals surface area (Å²) in [5, 5.41) is 3.67. The van der Waals surface area contributed by atoms with Crippen molar-refractivity contribution < 1.29 is 4.79 Å². The van der Waals surface area contributed by atoms with Crippen molar-refractivity contribution in [2.75, 3.05) is 0 Å².